The molecule has 2 N–H and O–H groups in total. The van der Waals surface area contributed by atoms with Gasteiger partial charge in [-0.1, -0.05) is 53.5 Å². The number of nitrogens with zero attached hydrogens (tertiary/aromatic N) is 2. The van der Waals surface area contributed by atoms with Crippen molar-refractivity contribution in [2.45, 2.75) is 0 Å². The topological polar surface area (TPSA) is 70.1 Å². The van der Waals surface area contributed by atoms with E-state index in [9.17, 15) is 4.79 Å². The van der Waals surface area contributed by atoms with E-state index in [-0.39, 0.29) is 5.69 Å². The summed E-state index contributed by atoms with van der Waals surface area (Å²) >= 11 is 12.1. The van der Waals surface area contributed by atoms with Crippen LogP contribution in [0.2, 0.25) is 10.0 Å². The number of carbonyl (C=O) groups is 1. The van der Waals surface area contributed by atoms with Gasteiger partial charge in [-0.15, -0.1) is 0 Å². The van der Waals surface area contributed by atoms with E-state index in [1.54, 1.807) is 30.5 Å². The van der Waals surface area contributed by atoms with Crippen molar-refractivity contribution in [3.63, 3.8) is 0 Å². The predicted octanol–water partition coefficient (Wildman–Crippen LogP) is 4.15. The molecule has 2 aromatic carbocycles. The maximum absolute atomic E-state index is 12.1. The largest absolute Gasteiger partial charge is 0.289 e. The molecule has 3 aromatic rings. The van der Waals surface area contributed by atoms with Crippen LogP contribution in [0.1, 0.15) is 16.1 Å². The third-order valence-electron chi connectivity index (χ3n) is 3.21. The van der Waals surface area contributed by atoms with Crippen LogP contribution < -0.4 is 5.43 Å². The first kappa shape index (κ1) is 16.2. The van der Waals surface area contributed by atoms with Crippen molar-refractivity contribution >= 4 is 35.3 Å². The molecule has 1 heterocycles. The van der Waals surface area contributed by atoms with E-state index in [2.05, 4.69) is 20.7 Å². The van der Waals surface area contributed by atoms with Gasteiger partial charge in [-0.3, -0.25) is 9.89 Å². The molecule has 1 amide bonds. The molecule has 0 fully saturated rings. The summed E-state index contributed by atoms with van der Waals surface area (Å²) in [7, 11) is 0. The fourth-order valence-electron chi connectivity index (χ4n) is 2.03. The average Bonchev–Trinajstić information content (AvgIpc) is 3.08. The molecule has 0 saturated carbocycles. The first-order valence-corrected chi connectivity index (χ1v) is 7.78. The lowest BCUT2D eigenvalue weighted by atomic mass is 10.1. The lowest BCUT2D eigenvalue weighted by Crippen LogP contribution is -2.17. The van der Waals surface area contributed by atoms with Gasteiger partial charge in [-0.2, -0.15) is 10.2 Å². The van der Waals surface area contributed by atoms with Crippen molar-refractivity contribution in [1.82, 2.24) is 15.6 Å². The number of halogens is 2. The molecule has 24 heavy (non-hydrogen) atoms. The second-order valence-corrected chi connectivity index (χ2v) is 5.74. The second-order valence-electron chi connectivity index (χ2n) is 4.90. The monoisotopic (exact) mass is 358 g/mol. The maximum Gasteiger partial charge on any atom is 0.289 e. The lowest BCUT2D eigenvalue weighted by Gasteiger charge is -2.00. The van der Waals surface area contributed by atoms with E-state index in [1.165, 1.54) is 0 Å². The van der Waals surface area contributed by atoms with Crippen LogP contribution in [0.4, 0.5) is 0 Å². The van der Waals surface area contributed by atoms with E-state index in [0.717, 1.165) is 5.56 Å². The minimum Gasteiger partial charge on any atom is -0.272 e. The van der Waals surface area contributed by atoms with Crippen LogP contribution in [-0.4, -0.2) is 22.3 Å². The quantitative estimate of drug-likeness (QED) is 0.543. The summed E-state index contributed by atoms with van der Waals surface area (Å²) in [5.41, 5.74) is 4.76. The van der Waals surface area contributed by atoms with Crippen LogP contribution >= 0.6 is 23.2 Å². The van der Waals surface area contributed by atoms with Gasteiger partial charge in [-0.25, -0.2) is 5.43 Å². The van der Waals surface area contributed by atoms with Crippen LogP contribution in [0.15, 0.2) is 59.7 Å². The van der Waals surface area contributed by atoms with E-state index >= 15 is 0 Å². The molecule has 3 rings (SSSR count). The van der Waals surface area contributed by atoms with Crippen LogP contribution in [0.3, 0.4) is 0 Å². The molecular weight excluding hydrogens is 347 g/mol. The molecule has 0 radical (unpaired) electrons. The van der Waals surface area contributed by atoms with Crippen molar-refractivity contribution in [1.29, 1.82) is 0 Å². The molecule has 0 aliphatic carbocycles. The molecule has 7 heteroatoms. The summed E-state index contributed by atoms with van der Waals surface area (Å²) in [4.78, 5) is 12.1. The van der Waals surface area contributed by atoms with Gasteiger partial charge in [0.2, 0.25) is 0 Å². The minimum absolute atomic E-state index is 0.270. The van der Waals surface area contributed by atoms with Gasteiger partial charge in [0, 0.05) is 10.6 Å². The number of nitrogens with one attached hydrogen (secondary N) is 2. The van der Waals surface area contributed by atoms with Crippen molar-refractivity contribution in [2.24, 2.45) is 5.10 Å². The van der Waals surface area contributed by atoms with Crippen LogP contribution in [-0.2, 0) is 0 Å². The molecular formula is C17H12Cl2N4O. The van der Waals surface area contributed by atoms with Crippen molar-refractivity contribution < 1.29 is 4.79 Å². The van der Waals surface area contributed by atoms with Crippen LogP contribution in [0.5, 0.6) is 0 Å². The Morgan fingerprint density at radius 1 is 1.12 bits per heavy atom. The van der Waals surface area contributed by atoms with E-state index < -0.39 is 5.91 Å². The molecule has 5 nitrogen and oxygen atoms in total. The first-order chi connectivity index (χ1) is 11.6. The van der Waals surface area contributed by atoms with Gasteiger partial charge in [0.1, 0.15) is 5.69 Å². The fraction of sp³-hybridized carbons (Fsp3) is 0. The van der Waals surface area contributed by atoms with Crippen molar-refractivity contribution in [3.05, 3.63) is 75.9 Å². The average molecular weight is 359 g/mol. The summed E-state index contributed by atoms with van der Waals surface area (Å²) in [5.74, 6) is -0.404. The Labute approximate surface area is 148 Å². The van der Waals surface area contributed by atoms with Gasteiger partial charge in [0.25, 0.3) is 5.91 Å². The Morgan fingerprint density at radius 2 is 1.92 bits per heavy atom. The molecule has 0 aliphatic rings. The zero-order valence-electron chi connectivity index (χ0n) is 12.3. The molecule has 0 bridgehead atoms. The molecule has 120 valence electrons. The van der Waals surface area contributed by atoms with Crippen LogP contribution in [0, 0.1) is 0 Å². The number of aromatic nitrogens is 2. The smallest absolute Gasteiger partial charge is 0.272 e. The SMILES string of the molecule is O=C(NN=Cc1ccccc1)c1cc(-c2cc(Cl)ccc2Cl)n[nH]1. The summed E-state index contributed by atoms with van der Waals surface area (Å²) in [6.45, 7) is 0. The van der Waals surface area contributed by atoms with Gasteiger partial charge in [0.15, 0.2) is 0 Å². The highest BCUT2D eigenvalue weighted by Gasteiger charge is 2.12. The van der Waals surface area contributed by atoms with Crippen LogP contribution in [0.25, 0.3) is 11.3 Å². The number of benzene rings is 2. The lowest BCUT2D eigenvalue weighted by molar-refractivity contribution is 0.0950. The second kappa shape index (κ2) is 7.29. The summed E-state index contributed by atoms with van der Waals surface area (Å²) < 4.78 is 0. The Hall–Kier alpha value is -2.63. The highest BCUT2D eigenvalue weighted by molar-refractivity contribution is 6.35. The Morgan fingerprint density at radius 3 is 2.71 bits per heavy atom. The standard InChI is InChI=1S/C17H12Cl2N4O/c18-12-6-7-14(19)13(8-12)15-9-16(22-21-15)17(24)23-20-10-11-4-2-1-3-5-11/h1-10H,(H,21,22)(H,23,24). The number of hydrogen-bond acceptors (Lipinski definition) is 3. The number of hydrazone groups is 1. The van der Waals surface area contributed by atoms with E-state index in [1.807, 2.05) is 30.3 Å². The van der Waals surface area contributed by atoms with Crippen molar-refractivity contribution in [3.8, 4) is 11.3 Å². The van der Waals surface area contributed by atoms with Gasteiger partial charge in [-0.05, 0) is 29.8 Å². The predicted molar refractivity (Wildman–Crippen MR) is 95.5 cm³/mol. The third kappa shape index (κ3) is 3.82. The first-order valence-electron chi connectivity index (χ1n) is 7.03. The van der Waals surface area contributed by atoms with E-state index in [4.69, 9.17) is 23.2 Å². The Balaban J connectivity index is 1.72. The highest BCUT2D eigenvalue weighted by atomic mass is 35.5. The van der Waals surface area contributed by atoms with Crippen molar-refractivity contribution in [2.75, 3.05) is 0 Å². The van der Waals surface area contributed by atoms with Gasteiger partial charge in [0.05, 0.1) is 16.9 Å². The minimum atomic E-state index is -0.404. The molecule has 0 unspecified atom stereocenters. The highest BCUT2D eigenvalue weighted by Crippen LogP contribution is 2.29. The third-order valence-corrected chi connectivity index (χ3v) is 3.77. The summed E-state index contributed by atoms with van der Waals surface area (Å²) in [6.07, 6.45) is 1.56. The number of rotatable bonds is 4. The Kier molecular flexibility index (Phi) is 4.93. The maximum atomic E-state index is 12.1. The number of amides is 1. The molecule has 0 saturated heterocycles. The molecule has 0 aliphatic heterocycles. The molecule has 1 aromatic heterocycles. The summed E-state index contributed by atoms with van der Waals surface area (Å²) in [5, 5.41) is 11.7. The zero-order valence-corrected chi connectivity index (χ0v) is 13.8. The molecule has 0 atom stereocenters. The molecule has 0 spiro atoms. The Bertz CT molecular complexity index is 891. The fourth-order valence-corrected chi connectivity index (χ4v) is 2.42. The van der Waals surface area contributed by atoms with Gasteiger partial charge >= 0.3 is 0 Å². The number of hydrogen-bond donors (Lipinski definition) is 2. The zero-order chi connectivity index (χ0) is 16.9. The number of aromatic amines is 1. The normalized spacial score (nSPS) is 10.9. The summed E-state index contributed by atoms with van der Waals surface area (Å²) in [6, 6.07) is 16.1. The number of H-pyrrole nitrogens is 1. The van der Waals surface area contributed by atoms with Gasteiger partial charge < -0.3 is 0 Å². The van der Waals surface area contributed by atoms with E-state index in [0.29, 0.717) is 21.3 Å². The number of carbonyl (C=O) groups excluding carboxylic acids is 1.